The predicted molar refractivity (Wildman–Crippen MR) is 107 cm³/mol. The van der Waals surface area contributed by atoms with Gasteiger partial charge in [0.15, 0.2) is 0 Å². The Balaban J connectivity index is 1.96. The van der Waals surface area contributed by atoms with Gasteiger partial charge >= 0.3 is 0 Å². The molecule has 0 heterocycles. The van der Waals surface area contributed by atoms with E-state index >= 15 is 0 Å². The molecule has 0 fully saturated rings. The fraction of sp³-hybridized carbons (Fsp3) is 0.333. The third kappa shape index (κ3) is 5.74. The number of anilines is 1. The van der Waals surface area contributed by atoms with Gasteiger partial charge in [0.1, 0.15) is 11.8 Å². The average molecular weight is 369 g/mol. The van der Waals surface area contributed by atoms with Crippen LogP contribution in [0, 0.1) is 5.92 Å². The summed E-state index contributed by atoms with van der Waals surface area (Å²) < 4.78 is 5.22. The zero-order chi connectivity index (χ0) is 19.8. The first-order chi connectivity index (χ1) is 12.9. The van der Waals surface area contributed by atoms with Crippen molar-refractivity contribution in [2.24, 2.45) is 5.92 Å². The van der Waals surface area contributed by atoms with E-state index < -0.39 is 6.04 Å². The van der Waals surface area contributed by atoms with Crippen LogP contribution in [0.25, 0.3) is 0 Å². The first kappa shape index (κ1) is 20.3. The molecule has 6 heteroatoms. The molecule has 0 spiro atoms. The minimum atomic E-state index is -0.631. The number of ether oxygens (including phenoxy) is 1. The van der Waals surface area contributed by atoms with E-state index in [0.717, 1.165) is 5.56 Å². The maximum absolute atomic E-state index is 12.6. The van der Waals surface area contributed by atoms with Crippen LogP contribution in [0.4, 0.5) is 5.69 Å². The van der Waals surface area contributed by atoms with Crippen LogP contribution < -0.4 is 21.1 Å². The van der Waals surface area contributed by atoms with Gasteiger partial charge in [0.05, 0.1) is 12.7 Å². The second kappa shape index (κ2) is 9.62. The van der Waals surface area contributed by atoms with Gasteiger partial charge in [0.2, 0.25) is 5.91 Å². The number of rotatable bonds is 8. The maximum Gasteiger partial charge on any atom is 0.255 e. The quantitative estimate of drug-likeness (QED) is 0.623. The number of nitrogen functional groups attached to an aromatic ring is 1. The maximum atomic E-state index is 12.6. The molecule has 0 bridgehead atoms. The molecule has 1 atom stereocenters. The van der Waals surface area contributed by atoms with Gasteiger partial charge in [0.25, 0.3) is 5.91 Å². The van der Waals surface area contributed by atoms with Crippen LogP contribution in [0.15, 0.2) is 48.5 Å². The van der Waals surface area contributed by atoms with E-state index in [-0.39, 0.29) is 17.7 Å². The van der Waals surface area contributed by atoms with Crippen molar-refractivity contribution in [1.29, 1.82) is 0 Å². The Bertz CT molecular complexity index is 772. The molecule has 0 radical (unpaired) electrons. The van der Waals surface area contributed by atoms with Gasteiger partial charge in [-0.2, -0.15) is 0 Å². The van der Waals surface area contributed by atoms with Gasteiger partial charge in [-0.15, -0.1) is 0 Å². The summed E-state index contributed by atoms with van der Waals surface area (Å²) in [7, 11) is 1.51. The number of methoxy groups -OCH3 is 1. The molecule has 0 saturated heterocycles. The minimum absolute atomic E-state index is 0.0554. The van der Waals surface area contributed by atoms with E-state index in [0.29, 0.717) is 30.0 Å². The van der Waals surface area contributed by atoms with E-state index in [9.17, 15) is 9.59 Å². The van der Waals surface area contributed by atoms with Gasteiger partial charge in [-0.05, 0) is 42.2 Å². The van der Waals surface area contributed by atoms with Crippen LogP contribution in [0.1, 0.15) is 29.8 Å². The summed E-state index contributed by atoms with van der Waals surface area (Å²) >= 11 is 0. The lowest BCUT2D eigenvalue weighted by molar-refractivity contribution is -0.123. The zero-order valence-corrected chi connectivity index (χ0v) is 16.0. The highest BCUT2D eigenvalue weighted by molar-refractivity contribution is 5.99. The van der Waals surface area contributed by atoms with Gasteiger partial charge < -0.3 is 21.1 Å². The van der Waals surface area contributed by atoms with Crippen molar-refractivity contribution in [3.8, 4) is 5.75 Å². The number of carbonyl (C=O) groups excluding carboxylic acids is 2. The number of nitrogens with two attached hydrogens (primary N) is 1. The fourth-order valence-corrected chi connectivity index (χ4v) is 2.71. The molecule has 2 aromatic carbocycles. The normalized spacial score (nSPS) is 11.7. The number of benzene rings is 2. The Morgan fingerprint density at radius 1 is 1.07 bits per heavy atom. The number of nitrogens with one attached hydrogen (secondary N) is 2. The molecule has 27 heavy (non-hydrogen) atoms. The van der Waals surface area contributed by atoms with Crippen molar-refractivity contribution >= 4 is 17.5 Å². The number of hydrogen-bond donors (Lipinski definition) is 3. The van der Waals surface area contributed by atoms with Crippen LogP contribution in [0.2, 0.25) is 0 Å². The average Bonchev–Trinajstić information content (AvgIpc) is 2.67. The van der Waals surface area contributed by atoms with E-state index in [4.69, 9.17) is 10.5 Å². The van der Waals surface area contributed by atoms with Crippen molar-refractivity contribution in [3.05, 3.63) is 59.7 Å². The lowest BCUT2D eigenvalue weighted by Gasteiger charge is -2.22. The Morgan fingerprint density at radius 2 is 1.74 bits per heavy atom. The highest BCUT2D eigenvalue weighted by Crippen LogP contribution is 2.17. The monoisotopic (exact) mass is 369 g/mol. The van der Waals surface area contributed by atoms with Crippen LogP contribution in [-0.4, -0.2) is 31.5 Å². The summed E-state index contributed by atoms with van der Waals surface area (Å²) in [6.45, 7) is 4.27. The smallest absolute Gasteiger partial charge is 0.255 e. The van der Waals surface area contributed by atoms with Crippen molar-refractivity contribution in [1.82, 2.24) is 10.6 Å². The van der Waals surface area contributed by atoms with Crippen LogP contribution in [-0.2, 0) is 11.2 Å². The number of para-hydroxylation sites is 1. The standard InChI is InChI=1S/C21H27N3O3/c1-14(2)19(24-20(25)17-6-4-5-7-18(17)27-3)21(26)23-13-12-15-8-10-16(22)11-9-15/h4-11,14,19H,12-13,22H2,1-3H3,(H,23,26)(H,24,25). The molecule has 0 saturated carbocycles. The number of hydrogen-bond acceptors (Lipinski definition) is 4. The van der Waals surface area contributed by atoms with Gasteiger partial charge in [-0.3, -0.25) is 9.59 Å². The Kier molecular flexibility index (Phi) is 7.23. The van der Waals surface area contributed by atoms with Crippen LogP contribution >= 0.6 is 0 Å². The third-order valence-corrected chi connectivity index (χ3v) is 4.28. The molecule has 4 N–H and O–H groups in total. The Labute approximate surface area is 160 Å². The van der Waals surface area contributed by atoms with Crippen LogP contribution in [0.5, 0.6) is 5.75 Å². The Morgan fingerprint density at radius 3 is 2.37 bits per heavy atom. The van der Waals surface area contributed by atoms with E-state index in [1.807, 2.05) is 38.1 Å². The first-order valence-electron chi connectivity index (χ1n) is 8.98. The van der Waals surface area contributed by atoms with Crippen molar-refractivity contribution < 1.29 is 14.3 Å². The summed E-state index contributed by atoms with van der Waals surface area (Å²) in [6, 6.07) is 13.8. The lowest BCUT2D eigenvalue weighted by Crippen LogP contribution is -2.50. The molecule has 0 aliphatic heterocycles. The number of carbonyl (C=O) groups is 2. The van der Waals surface area contributed by atoms with E-state index in [1.54, 1.807) is 24.3 Å². The molecular formula is C21H27N3O3. The predicted octanol–water partition coefficient (Wildman–Crippen LogP) is 2.39. The second-order valence-electron chi connectivity index (χ2n) is 6.68. The van der Waals surface area contributed by atoms with Crippen molar-refractivity contribution in [2.75, 3.05) is 19.4 Å². The minimum Gasteiger partial charge on any atom is -0.496 e. The first-order valence-corrected chi connectivity index (χ1v) is 8.98. The van der Waals surface area contributed by atoms with Crippen molar-refractivity contribution in [3.63, 3.8) is 0 Å². The molecule has 144 valence electrons. The zero-order valence-electron chi connectivity index (χ0n) is 16.0. The molecule has 0 aliphatic rings. The topological polar surface area (TPSA) is 93.4 Å². The second-order valence-corrected chi connectivity index (χ2v) is 6.68. The summed E-state index contributed by atoms with van der Waals surface area (Å²) in [5.74, 6) is -0.120. The Hall–Kier alpha value is -3.02. The third-order valence-electron chi connectivity index (χ3n) is 4.28. The highest BCUT2D eigenvalue weighted by atomic mass is 16.5. The van der Waals surface area contributed by atoms with E-state index in [1.165, 1.54) is 7.11 Å². The van der Waals surface area contributed by atoms with E-state index in [2.05, 4.69) is 10.6 Å². The molecule has 2 aromatic rings. The summed E-state index contributed by atoms with van der Waals surface area (Å²) in [5, 5.41) is 5.71. The molecule has 0 aromatic heterocycles. The summed E-state index contributed by atoms with van der Waals surface area (Å²) in [6.07, 6.45) is 0.692. The molecule has 1 unspecified atom stereocenters. The fourth-order valence-electron chi connectivity index (χ4n) is 2.71. The van der Waals surface area contributed by atoms with Crippen LogP contribution in [0.3, 0.4) is 0 Å². The lowest BCUT2D eigenvalue weighted by atomic mass is 10.0. The molecular weight excluding hydrogens is 342 g/mol. The SMILES string of the molecule is COc1ccccc1C(=O)NC(C(=O)NCCc1ccc(N)cc1)C(C)C. The largest absolute Gasteiger partial charge is 0.496 e. The molecule has 2 amide bonds. The highest BCUT2D eigenvalue weighted by Gasteiger charge is 2.25. The molecule has 2 rings (SSSR count). The van der Waals surface area contributed by atoms with Gasteiger partial charge in [-0.25, -0.2) is 0 Å². The summed E-state index contributed by atoms with van der Waals surface area (Å²) in [5.41, 5.74) is 7.87. The van der Waals surface area contributed by atoms with Gasteiger partial charge in [-0.1, -0.05) is 38.1 Å². The van der Waals surface area contributed by atoms with Gasteiger partial charge in [0, 0.05) is 12.2 Å². The molecule has 0 aliphatic carbocycles. The summed E-state index contributed by atoms with van der Waals surface area (Å²) in [4.78, 5) is 25.2. The van der Waals surface area contributed by atoms with Crippen molar-refractivity contribution in [2.45, 2.75) is 26.3 Å². The number of amides is 2. The molecule has 6 nitrogen and oxygen atoms in total.